The molecule has 1 aromatic heterocycles. The number of ether oxygens (including phenoxy) is 1. The van der Waals surface area contributed by atoms with Crippen molar-refractivity contribution in [2.75, 3.05) is 7.11 Å². The molecule has 0 amide bonds. The quantitative estimate of drug-likeness (QED) is 0.600. The molecule has 86 valence electrons. The SMILES string of the molecule is COc1ccc(-c2ccncc2)c([N+](=O)[O-])c1. The van der Waals surface area contributed by atoms with E-state index in [0.717, 1.165) is 5.56 Å². The van der Waals surface area contributed by atoms with Crippen LogP contribution >= 0.6 is 0 Å². The fraction of sp³-hybridized carbons (Fsp3) is 0.0833. The molecule has 0 spiro atoms. The lowest BCUT2D eigenvalue weighted by atomic mass is 10.1. The van der Waals surface area contributed by atoms with Gasteiger partial charge in [0.1, 0.15) is 5.75 Å². The molecular formula is C12H10N2O3. The average Bonchev–Trinajstić information content (AvgIpc) is 2.39. The lowest BCUT2D eigenvalue weighted by Gasteiger charge is -2.05. The Morgan fingerprint density at radius 1 is 1.24 bits per heavy atom. The van der Waals surface area contributed by atoms with Crippen molar-refractivity contribution in [2.24, 2.45) is 0 Å². The van der Waals surface area contributed by atoms with Gasteiger partial charge in [-0.25, -0.2) is 0 Å². The summed E-state index contributed by atoms with van der Waals surface area (Å²) in [5, 5.41) is 11.0. The van der Waals surface area contributed by atoms with Gasteiger partial charge >= 0.3 is 0 Å². The van der Waals surface area contributed by atoms with Crippen molar-refractivity contribution in [3.63, 3.8) is 0 Å². The third-order valence-corrected chi connectivity index (χ3v) is 2.39. The molecule has 0 bridgehead atoms. The number of nitro groups is 1. The summed E-state index contributed by atoms with van der Waals surface area (Å²) in [4.78, 5) is 14.5. The molecule has 5 heteroatoms. The smallest absolute Gasteiger partial charge is 0.280 e. The Kier molecular flexibility index (Phi) is 3.00. The van der Waals surface area contributed by atoms with Gasteiger partial charge in [0.05, 0.1) is 23.7 Å². The Morgan fingerprint density at radius 3 is 2.53 bits per heavy atom. The normalized spacial score (nSPS) is 9.94. The van der Waals surface area contributed by atoms with Gasteiger partial charge < -0.3 is 4.74 Å². The van der Waals surface area contributed by atoms with Gasteiger partial charge in [0.25, 0.3) is 5.69 Å². The van der Waals surface area contributed by atoms with Crippen LogP contribution in [0.2, 0.25) is 0 Å². The Bertz CT molecular complexity index is 541. The van der Waals surface area contributed by atoms with Crippen LogP contribution in [0.1, 0.15) is 0 Å². The number of benzene rings is 1. The number of rotatable bonds is 3. The van der Waals surface area contributed by atoms with Crippen LogP contribution in [-0.4, -0.2) is 17.0 Å². The van der Waals surface area contributed by atoms with Crippen molar-refractivity contribution in [3.8, 4) is 16.9 Å². The first kappa shape index (κ1) is 11.1. The summed E-state index contributed by atoms with van der Waals surface area (Å²) in [6.07, 6.45) is 3.20. The summed E-state index contributed by atoms with van der Waals surface area (Å²) in [6, 6.07) is 8.24. The largest absolute Gasteiger partial charge is 0.497 e. The molecular weight excluding hydrogens is 220 g/mol. The van der Waals surface area contributed by atoms with Gasteiger partial charge in [-0.1, -0.05) is 0 Å². The zero-order valence-electron chi connectivity index (χ0n) is 9.16. The van der Waals surface area contributed by atoms with Gasteiger partial charge in [0.15, 0.2) is 0 Å². The summed E-state index contributed by atoms with van der Waals surface area (Å²) in [5.74, 6) is 0.467. The third-order valence-electron chi connectivity index (χ3n) is 2.39. The first-order valence-electron chi connectivity index (χ1n) is 4.95. The summed E-state index contributed by atoms with van der Waals surface area (Å²) in [5.41, 5.74) is 1.34. The van der Waals surface area contributed by atoms with Crippen molar-refractivity contribution >= 4 is 5.69 Å². The molecule has 1 heterocycles. The molecule has 5 nitrogen and oxygen atoms in total. The number of pyridine rings is 1. The van der Waals surface area contributed by atoms with Crippen LogP contribution in [0.15, 0.2) is 42.7 Å². The van der Waals surface area contributed by atoms with E-state index in [1.807, 2.05) is 0 Å². The molecule has 0 aliphatic carbocycles. The highest BCUT2D eigenvalue weighted by Crippen LogP contribution is 2.32. The number of methoxy groups -OCH3 is 1. The zero-order valence-corrected chi connectivity index (χ0v) is 9.16. The van der Waals surface area contributed by atoms with Gasteiger partial charge in [0.2, 0.25) is 0 Å². The maximum absolute atomic E-state index is 11.0. The van der Waals surface area contributed by atoms with E-state index in [2.05, 4.69) is 4.98 Å². The highest BCUT2D eigenvalue weighted by Gasteiger charge is 2.16. The van der Waals surface area contributed by atoms with Crippen LogP contribution in [0, 0.1) is 10.1 Å². The molecule has 0 fully saturated rings. The van der Waals surface area contributed by atoms with Crippen LogP contribution in [0.4, 0.5) is 5.69 Å². The van der Waals surface area contributed by atoms with E-state index in [0.29, 0.717) is 11.3 Å². The molecule has 0 radical (unpaired) electrons. The number of nitro benzene ring substituents is 1. The Balaban J connectivity index is 2.58. The van der Waals surface area contributed by atoms with Gasteiger partial charge in [-0.15, -0.1) is 0 Å². The maximum Gasteiger partial charge on any atom is 0.280 e. The fourth-order valence-corrected chi connectivity index (χ4v) is 1.57. The Labute approximate surface area is 97.8 Å². The number of hydrogen-bond acceptors (Lipinski definition) is 4. The zero-order chi connectivity index (χ0) is 12.3. The van der Waals surface area contributed by atoms with Crippen molar-refractivity contribution in [1.82, 2.24) is 4.98 Å². The highest BCUT2D eigenvalue weighted by molar-refractivity contribution is 5.74. The maximum atomic E-state index is 11.0. The molecule has 17 heavy (non-hydrogen) atoms. The Morgan fingerprint density at radius 2 is 1.94 bits per heavy atom. The number of nitrogens with zero attached hydrogens (tertiary/aromatic N) is 2. The van der Waals surface area contributed by atoms with Crippen molar-refractivity contribution < 1.29 is 9.66 Å². The first-order valence-corrected chi connectivity index (χ1v) is 4.95. The number of hydrogen-bond donors (Lipinski definition) is 0. The first-order chi connectivity index (χ1) is 8.22. The predicted octanol–water partition coefficient (Wildman–Crippen LogP) is 2.67. The minimum Gasteiger partial charge on any atom is -0.497 e. The van der Waals surface area contributed by atoms with Crippen LogP contribution in [-0.2, 0) is 0 Å². The second-order valence-electron chi connectivity index (χ2n) is 3.38. The van der Waals surface area contributed by atoms with Gasteiger partial charge in [-0.2, -0.15) is 0 Å². The molecule has 0 aliphatic heterocycles. The fourth-order valence-electron chi connectivity index (χ4n) is 1.57. The highest BCUT2D eigenvalue weighted by atomic mass is 16.6. The minimum absolute atomic E-state index is 0.0237. The monoisotopic (exact) mass is 230 g/mol. The molecule has 2 aromatic rings. The standard InChI is InChI=1S/C12H10N2O3/c1-17-10-2-3-11(12(8-10)14(15)16)9-4-6-13-7-5-9/h2-8H,1H3. The lowest BCUT2D eigenvalue weighted by molar-refractivity contribution is -0.384. The van der Waals surface area contributed by atoms with Crippen LogP contribution in [0.25, 0.3) is 11.1 Å². The van der Waals surface area contributed by atoms with Crippen LogP contribution in [0.5, 0.6) is 5.75 Å². The molecule has 0 saturated carbocycles. The molecule has 1 aromatic carbocycles. The molecule has 0 unspecified atom stereocenters. The average molecular weight is 230 g/mol. The summed E-state index contributed by atoms with van der Waals surface area (Å²) in [6.45, 7) is 0. The molecule has 0 N–H and O–H groups in total. The summed E-state index contributed by atoms with van der Waals surface area (Å²) in [7, 11) is 1.48. The van der Waals surface area contributed by atoms with E-state index in [1.165, 1.54) is 13.2 Å². The van der Waals surface area contributed by atoms with E-state index < -0.39 is 4.92 Å². The molecule has 0 aliphatic rings. The van der Waals surface area contributed by atoms with Crippen LogP contribution in [0.3, 0.4) is 0 Å². The van der Waals surface area contributed by atoms with Crippen molar-refractivity contribution in [1.29, 1.82) is 0 Å². The van der Waals surface area contributed by atoms with Gasteiger partial charge in [-0.3, -0.25) is 15.1 Å². The topological polar surface area (TPSA) is 65.3 Å². The van der Waals surface area contributed by atoms with E-state index in [9.17, 15) is 10.1 Å². The summed E-state index contributed by atoms with van der Waals surface area (Å²) >= 11 is 0. The van der Waals surface area contributed by atoms with Crippen LogP contribution < -0.4 is 4.74 Å². The second-order valence-corrected chi connectivity index (χ2v) is 3.38. The van der Waals surface area contributed by atoms with Crippen molar-refractivity contribution in [3.05, 3.63) is 52.8 Å². The third kappa shape index (κ3) is 2.23. The molecule has 2 rings (SSSR count). The number of aromatic nitrogens is 1. The van der Waals surface area contributed by atoms with E-state index in [1.54, 1.807) is 36.7 Å². The second kappa shape index (κ2) is 4.61. The Hall–Kier alpha value is -2.43. The summed E-state index contributed by atoms with van der Waals surface area (Å²) < 4.78 is 4.98. The molecule has 0 saturated heterocycles. The van der Waals surface area contributed by atoms with Crippen molar-refractivity contribution in [2.45, 2.75) is 0 Å². The van der Waals surface area contributed by atoms with E-state index >= 15 is 0 Å². The lowest BCUT2D eigenvalue weighted by Crippen LogP contribution is -1.93. The van der Waals surface area contributed by atoms with Gasteiger partial charge in [-0.05, 0) is 29.8 Å². The molecule has 0 atom stereocenters. The van der Waals surface area contributed by atoms with Gasteiger partial charge in [0, 0.05) is 12.4 Å². The predicted molar refractivity (Wildman–Crippen MR) is 62.9 cm³/mol. The van der Waals surface area contributed by atoms with E-state index in [-0.39, 0.29) is 5.69 Å². The van der Waals surface area contributed by atoms with E-state index in [4.69, 9.17) is 4.74 Å². The minimum atomic E-state index is -0.418.